The van der Waals surface area contributed by atoms with Crippen LogP contribution in [0.2, 0.25) is 0 Å². The van der Waals surface area contributed by atoms with Crippen LogP contribution >= 0.6 is 11.3 Å². The van der Waals surface area contributed by atoms with E-state index in [-0.39, 0.29) is 41.9 Å². The Hall–Kier alpha value is -3.68. The number of sulfonamides is 1. The minimum Gasteiger partial charge on any atom is -0.352 e. The van der Waals surface area contributed by atoms with Gasteiger partial charge in [0.1, 0.15) is 16.3 Å². The highest BCUT2D eigenvalue weighted by atomic mass is 32.2. The van der Waals surface area contributed by atoms with Gasteiger partial charge in [-0.2, -0.15) is 4.31 Å². The molecule has 0 spiro atoms. The Labute approximate surface area is 236 Å². The highest BCUT2D eigenvalue weighted by Gasteiger charge is 2.34. The number of carbonyl (C=O) groups is 1. The van der Waals surface area contributed by atoms with Gasteiger partial charge in [-0.05, 0) is 38.3 Å². The van der Waals surface area contributed by atoms with Gasteiger partial charge in [-0.1, -0.05) is 30.3 Å². The number of hydrogen-bond acceptors (Lipinski definition) is 9. The van der Waals surface area contributed by atoms with Crippen molar-refractivity contribution in [3.05, 3.63) is 75.9 Å². The van der Waals surface area contributed by atoms with Crippen LogP contribution < -0.4 is 15.8 Å². The summed E-state index contributed by atoms with van der Waals surface area (Å²) in [6, 6.07) is 11.6. The predicted molar refractivity (Wildman–Crippen MR) is 154 cm³/mol. The van der Waals surface area contributed by atoms with E-state index in [4.69, 9.17) is 0 Å². The lowest BCUT2D eigenvalue weighted by molar-refractivity contribution is -0.122. The van der Waals surface area contributed by atoms with Gasteiger partial charge in [0.25, 0.3) is 5.56 Å². The second kappa shape index (κ2) is 11.8. The first-order chi connectivity index (χ1) is 19.2. The third-order valence-electron chi connectivity index (χ3n) is 6.90. The lowest BCUT2D eigenvalue weighted by atomic mass is 10.1. The predicted octanol–water partition coefficient (Wildman–Crippen LogP) is 2.20. The van der Waals surface area contributed by atoms with E-state index >= 15 is 0 Å². The van der Waals surface area contributed by atoms with Gasteiger partial charge in [0.05, 0.1) is 11.7 Å². The number of hydrogen-bond donors (Lipinski definition) is 1. The van der Waals surface area contributed by atoms with Crippen LogP contribution in [0.1, 0.15) is 23.8 Å². The van der Waals surface area contributed by atoms with E-state index in [9.17, 15) is 18.0 Å². The van der Waals surface area contributed by atoms with Gasteiger partial charge in [0.2, 0.25) is 21.9 Å². The molecule has 1 fully saturated rings. The highest BCUT2D eigenvalue weighted by molar-refractivity contribution is 7.89. The molecule has 0 radical (unpaired) electrons. The summed E-state index contributed by atoms with van der Waals surface area (Å²) in [4.78, 5) is 41.8. The van der Waals surface area contributed by atoms with Crippen LogP contribution in [-0.2, 0) is 27.8 Å². The fourth-order valence-corrected chi connectivity index (χ4v) is 7.91. The number of nitrogens with zero attached hydrogens (tertiary/aromatic N) is 6. The maximum absolute atomic E-state index is 13.8. The van der Waals surface area contributed by atoms with E-state index < -0.39 is 15.6 Å². The second-order valence-electron chi connectivity index (χ2n) is 9.78. The molecule has 40 heavy (non-hydrogen) atoms. The summed E-state index contributed by atoms with van der Waals surface area (Å²) >= 11 is 1.16. The maximum Gasteiger partial charge on any atom is 0.263 e. The Balaban J connectivity index is 1.31. The van der Waals surface area contributed by atoms with Crippen molar-refractivity contribution >= 4 is 43.4 Å². The molecule has 1 saturated heterocycles. The summed E-state index contributed by atoms with van der Waals surface area (Å²) < 4.78 is 30.1. The molecule has 5 rings (SSSR count). The van der Waals surface area contributed by atoms with Crippen molar-refractivity contribution in [1.82, 2.24) is 29.1 Å². The lowest BCUT2D eigenvalue weighted by Crippen LogP contribution is -2.49. The number of rotatable bonds is 9. The van der Waals surface area contributed by atoms with E-state index in [2.05, 4.69) is 20.3 Å². The standard InChI is InChI=1S/C27H31N7O4S2/c1-19(9-10-21-7-4-3-5-8-21)31-22(35)17-33-18-30-25-23(26(33)36)24(20(2)39-25)40(37,38)34-15-13-32(14-16-34)27-28-11-6-12-29-27/h3-8,11-12,18-19H,9-10,13-17H2,1-2H3,(H,31,35)/t19-/m0/s1. The fourth-order valence-electron chi connectivity index (χ4n) is 4.82. The minimum atomic E-state index is -3.98. The average molecular weight is 582 g/mol. The number of nitrogens with one attached hydrogen (secondary N) is 1. The van der Waals surface area contributed by atoms with Crippen molar-refractivity contribution in [3.63, 3.8) is 0 Å². The largest absolute Gasteiger partial charge is 0.352 e. The Kier molecular flexibility index (Phi) is 8.24. The van der Waals surface area contributed by atoms with Crippen molar-refractivity contribution in [2.24, 2.45) is 0 Å². The Bertz CT molecular complexity index is 1650. The van der Waals surface area contributed by atoms with Crippen LogP contribution in [0.3, 0.4) is 0 Å². The molecule has 0 bridgehead atoms. The molecule has 13 heteroatoms. The van der Waals surface area contributed by atoms with Crippen LogP contribution in [0.4, 0.5) is 5.95 Å². The minimum absolute atomic E-state index is 0.0274. The Morgan fingerprint density at radius 2 is 1.75 bits per heavy atom. The maximum atomic E-state index is 13.8. The quantitative estimate of drug-likeness (QED) is 0.318. The number of aryl methyl sites for hydroxylation is 2. The van der Waals surface area contributed by atoms with E-state index in [0.29, 0.717) is 28.7 Å². The van der Waals surface area contributed by atoms with Gasteiger partial charge >= 0.3 is 0 Å². The zero-order chi connectivity index (χ0) is 28.3. The fraction of sp³-hybridized carbons (Fsp3) is 0.370. The second-order valence-corrected chi connectivity index (χ2v) is 12.9. The molecule has 0 aliphatic carbocycles. The van der Waals surface area contributed by atoms with Gasteiger partial charge in [0.15, 0.2) is 0 Å². The molecule has 11 nitrogen and oxygen atoms in total. The first kappa shape index (κ1) is 27.9. The molecule has 1 aliphatic rings. The van der Waals surface area contributed by atoms with E-state index in [1.165, 1.54) is 20.8 Å². The van der Waals surface area contributed by atoms with Gasteiger partial charge in [-0.15, -0.1) is 11.3 Å². The van der Waals surface area contributed by atoms with E-state index in [1.54, 1.807) is 25.4 Å². The molecule has 3 aromatic heterocycles. The molecule has 1 amide bonds. The normalized spacial score (nSPS) is 15.3. The first-order valence-corrected chi connectivity index (χ1v) is 15.3. The molecular formula is C27H31N7O4S2. The lowest BCUT2D eigenvalue weighted by Gasteiger charge is -2.33. The molecule has 1 aliphatic heterocycles. The third kappa shape index (κ3) is 5.91. The van der Waals surface area contributed by atoms with Crippen molar-refractivity contribution in [2.75, 3.05) is 31.1 Å². The number of carbonyl (C=O) groups excluding carboxylic acids is 1. The Morgan fingerprint density at radius 1 is 1.05 bits per heavy atom. The van der Waals surface area contributed by atoms with Crippen LogP contribution in [0.25, 0.3) is 10.2 Å². The summed E-state index contributed by atoms with van der Waals surface area (Å²) in [5.74, 6) is 0.218. The highest BCUT2D eigenvalue weighted by Crippen LogP contribution is 2.33. The first-order valence-electron chi connectivity index (χ1n) is 13.1. The van der Waals surface area contributed by atoms with Crippen molar-refractivity contribution in [1.29, 1.82) is 0 Å². The summed E-state index contributed by atoms with van der Waals surface area (Å²) in [6.07, 6.45) is 6.17. The van der Waals surface area contributed by atoms with Gasteiger partial charge < -0.3 is 10.2 Å². The third-order valence-corrected chi connectivity index (χ3v) is 10.1. The van der Waals surface area contributed by atoms with E-state index in [1.807, 2.05) is 42.2 Å². The number of aromatic nitrogens is 4. The van der Waals surface area contributed by atoms with Gasteiger partial charge in [0, 0.05) is 49.5 Å². The average Bonchev–Trinajstić information content (AvgIpc) is 3.32. The summed E-state index contributed by atoms with van der Waals surface area (Å²) in [5.41, 5.74) is 0.641. The monoisotopic (exact) mass is 581 g/mol. The number of thiophene rings is 1. The number of benzene rings is 1. The summed E-state index contributed by atoms with van der Waals surface area (Å²) in [7, 11) is -3.98. The number of anilines is 1. The van der Waals surface area contributed by atoms with Crippen molar-refractivity contribution < 1.29 is 13.2 Å². The number of piperazine rings is 1. The summed E-state index contributed by atoms with van der Waals surface area (Å²) in [5, 5.41) is 2.96. The smallest absolute Gasteiger partial charge is 0.263 e. The topological polar surface area (TPSA) is 130 Å². The van der Waals surface area contributed by atoms with Crippen LogP contribution in [0.15, 0.2) is 64.8 Å². The molecule has 1 N–H and O–H groups in total. The molecule has 210 valence electrons. The summed E-state index contributed by atoms with van der Waals surface area (Å²) in [6.45, 7) is 4.66. The molecule has 0 saturated carbocycles. The number of amides is 1. The molecule has 1 aromatic carbocycles. The van der Waals surface area contributed by atoms with Crippen molar-refractivity contribution in [3.8, 4) is 0 Å². The molecule has 0 unspecified atom stereocenters. The zero-order valence-electron chi connectivity index (χ0n) is 22.4. The molecule has 1 atom stereocenters. The Morgan fingerprint density at radius 3 is 2.45 bits per heavy atom. The van der Waals surface area contributed by atoms with Crippen LogP contribution in [0.5, 0.6) is 0 Å². The van der Waals surface area contributed by atoms with Crippen LogP contribution in [-0.4, -0.2) is 70.4 Å². The van der Waals surface area contributed by atoms with E-state index in [0.717, 1.165) is 24.2 Å². The van der Waals surface area contributed by atoms with Gasteiger partial charge in [-0.3, -0.25) is 14.2 Å². The SMILES string of the molecule is Cc1sc2ncn(CC(=O)N[C@@H](C)CCc3ccccc3)c(=O)c2c1S(=O)(=O)N1CCN(c2ncccn2)CC1. The molecular weight excluding hydrogens is 550 g/mol. The van der Waals surface area contributed by atoms with Crippen molar-refractivity contribution in [2.45, 2.75) is 44.2 Å². The molecule has 4 aromatic rings. The zero-order valence-corrected chi connectivity index (χ0v) is 24.0. The van der Waals surface area contributed by atoms with Gasteiger partial charge in [-0.25, -0.2) is 23.4 Å². The van der Waals surface area contributed by atoms with Crippen LogP contribution in [0, 0.1) is 6.92 Å². The molecule has 4 heterocycles. The number of fused-ring (bicyclic) bond motifs is 1.